The second kappa shape index (κ2) is 9.82. The third-order valence-corrected chi connectivity index (χ3v) is 7.45. The molecule has 0 fully saturated rings. The lowest BCUT2D eigenvalue weighted by atomic mass is 9.73. The summed E-state index contributed by atoms with van der Waals surface area (Å²) in [4.78, 5) is 27.1. The number of aromatic nitrogens is 2. The molecule has 2 heterocycles. The number of nitrogens with one attached hydrogen (secondary N) is 2. The molecule has 2 aromatic carbocycles. The van der Waals surface area contributed by atoms with Crippen LogP contribution in [0.25, 0.3) is 10.4 Å². The van der Waals surface area contributed by atoms with Gasteiger partial charge in [-0.15, -0.1) is 21.5 Å². The van der Waals surface area contributed by atoms with E-state index in [2.05, 4.69) is 20.8 Å². The first-order valence-corrected chi connectivity index (χ1v) is 12.2. The number of rotatable bonds is 7. The molecule has 2 aromatic heterocycles. The van der Waals surface area contributed by atoms with Crippen LogP contribution >= 0.6 is 22.7 Å². The summed E-state index contributed by atoms with van der Waals surface area (Å²) in [5.74, 6) is -1.14. The Labute approximate surface area is 204 Å². The first kappa shape index (κ1) is 23.7. The molecule has 6 nitrogen and oxygen atoms in total. The van der Waals surface area contributed by atoms with Gasteiger partial charge in [0, 0.05) is 28.3 Å². The smallest absolute Gasteiger partial charge is 0.251 e. The monoisotopic (exact) mass is 494 g/mol. The van der Waals surface area contributed by atoms with Crippen LogP contribution in [0.15, 0.2) is 66.2 Å². The van der Waals surface area contributed by atoms with Gasteiger partial charge in [-0.25, -0.2) is 4.39 Å². The van der Waals surface area contributed by atoms with Crippen LogP contribution in [-0.4, -0.2) is 29.1 Å². The van der Waals surface area contributed by atoms with Crippen LogP contribution in [0.4, 0.5) is 9.52 Å². The molecule has 174 valence electrons. The van der Waals surface area contributed by atoms with Crippen molar-refractivity contribution in [3.8, 4) is 10.4 Å². The van der Waals surface area contributed by atoms with Gasteiger partial charge in [-0.2, -0.15) is 0 Å². The SMILES string of the molecule is CNC(=O)c1ccc(-c2ccc([C@H](c3cccc(F)c3)C(C)(C)C(=O)Nc3nncs3)s2)cc1. The summed E-state index contributed by atoms with van der Waals surface area (Å²) in [6.45, 7) is 3.69. The highest BCUT2D eigenvalue weighted by Gasteiger charge is 2.40. The van der Waals surface area contributed by atoms with E-state index >= 15 is 0 Å². The van der Waals surface area contributed by atoms with E-state index in [1.807, 2.05) is 44.2 Å². The Morgan fingerprint density at radius 2 is 1.82 bits per heavy atom. The summed E-state index contributed by atoms with van der Waals surface area (Å²) in [6, 6.07) is 17.7. The summed E-state index contributed by atoms with van der Waals surface area (Å²) in [5, 5.41) is 13.5. The minimum Gasteiger partial charge on any atom is -0.355 e. The van der Waals surface area contributed by atoms with Crippen LogP contribution < -0.4 is 10.6 Å². The molecule has 0 unspecified atom stereocenters. The fourth-order valence-electron chi connectivity index (χ4n) is 3.83. The molecule has 0 bridgehead atoms. The molecule has 9 heteroatoms. The van der Waals surface area contributed by atoms with Crippen molar-refractivity contribution in [2.45, 2.75) is 19.8 Å². The fourth-order valence-corrected chi connectivity index (χ4v) is 5.60. The van der Waals surface area contributed by atoms with E-state index in [-0.39, 0.29) is 17.6 Å². The lowest BCUT2D eigenvalue weighted by molar-refractivity contribution is -0.124. The minimum atomic E-state index is -0.926. The molecular formula is C25H23FN4O2S2. The normalized spacial score (nSPS) is 12.2. The number of halogens is 1. The molecule has 4 aromatic rings. The zero-order valence-electron chi connectivity index (χ0n) is 18.8. The molecule has 0 aliphatic rings. The van der Waals surface area contributed by atoms with E-state index in [1.54, 1.807) is 30.8 Å². The molecule has 1 atom stereocenters. The standard InChI is InChI=1S/C25H23FN4O2S2/c1-25(2,23(32)29-24-30-28-14-33-24)21(17-5-4-6-18(26)13-17)20-12-11-19(34-20)15-7-9-16(10-8-15)22(31)27-3/h4-14,21H,1-3H3,(H,27,31)(H,29,30,32)/t21-/m0/s1. The fraction of sp³-hybridized carbons (Fsp3) is 0.200. The van der Waals surface area contributed by atoms with E-state index in [9.17, 15) is 14.0 Å². The number of anilines is 1. The summed E-state index contributed by atoms with van der Waals surface area (Å²) in [6.07, 6.45) is 0. The first-order valence-electron chi connectivity index (χ1n) is 10.5. The molecule has 0 saturated carbocycles. The number of amides is 2. The van der Waals surface area contributed by atoms with Crippen molar-refractivity contribution in [2.24, 2.45) is 5.41 Å². The van der Waals surface area contributed by atoms with E-state index in [0.717, 1.165) is 15.3 Å². The maximum Gasteiger partial charge on any atom is 0.251 e. The van der Waals surface area contributed by atoms with Crippen molar-refractivity contribution < 1.29 is 14.0 Å². The highest BCUT2D eigenvalue weighted by molar-refractivity contribution is 7.15. The average molecular weight is 495 g/mol. The second-order valence-electron chi connectivity index (χ2n) is 8.27. The lowest BCUT2D eigenvalue weighted by Gasteiger charge is -2.32. The predicted molar refractivity (Wildman–Crippen MR) is 134 cm³/mol. The number of benzene rings is 2. The average Bonchev–Trinajstić information content (AvgIpc) is 3.51. The van der Waals surface area contributed by atoms with Crippen LogP contribution in [0.2, 0.25) is 0 Å². The summed E-state index contributed by atoms with van der Waals surface area (Å²) in [7, 11) is 1.59. The number of hydrogen-bond acceptors (Lipinski definition) is 6. The van der Waals surface area contributed by atoms with Crippen LogP contribution in [-0.2, 0) is 4.79 Å². The molecule has 0 aliphatic carbocycles. The Hall–Kier alpha value is -3.43. The zero-order valence-corrected chi connectivity index (χ0v) is 20.5. The Kier molecular flexibility index (Phi) is 6.85. The van der Waals surface area contributed by atoms with E-state index in [0.29, 0.717) is 16.3 Å². The highest BCUT2D eigenvalue weighted by atomic mass is 32.1. The van der Waals surface area contributed by atoms with Gasteiger partial charge in [-0.1, -0.05) is 49.4 Å². The van der Waals surface area contributed by atoms with Crippen molar-refractivity contribution in [3.05, 3.63) is 88.0 Å². The van der Waals surface area contributed by atoms with Crippen LogP contribution in [0, 0.1) is 11.2 Å². The summed E-state index contributed by atoms with van der Waals surface area (Å²) in [5.41, 5.74) is 2.87. The maximum atomic E-state index is 14.2. The van der Waals surface area contributed by atoms with Gasteiger partial charge in [0.15, 0.2) is 0 Å². The largest absolute Gasteiger partial charge is 0.355 e. The first-order chi connectivity index (χ1) is 16.3. The second-order valence-corrected chi connectivity index (χ2v) is 10.2. The van der Waals surface area contributed by atoms with Gasteiger partial charge in [0.2, 0.25) is 11.0 Å². The molecule has 34 heavy (non-hydrogen) atoms. The van der Waals surface area contributed by atoms with Crippen LogP contribution in [0.3, 0.4) is 0 Å². The Morgan fingerprint density at radius 1 is 1.06 bits per heavy atom. The Morgan fingerprint density at radius 3 is 2.47 bits per heavy atom. The topological polar surface area (TPSA) is 84.0 Å². The number of carbonyl (C=O) groups is 2. The Balaban J connectivity index is 1.71. The molecule has 0 saturated heterocycles. The third-order valence-electron chi connectivity index (χ3n) is 5.64. The number of nitrogens with zero attached hydrogens (tertiary/aromatic N) is 2. The number of thiophene rings is 1. The minimum absolute atomic E-state index is 0.146. The molecule has 2 amide bonds. The molecular weight excluding hydrogens is 471 g/mol. The number of carbonyl (C=O) groups excluding carboxylic acids is 2. The van der Waals surface area contributed by atoms with E-state index in [4.69, 9.17) is 0 Å². The van der Waals surface area contributed by atoms with Gasteiger partial charge >= 0.3 is 0 Å². The van der Waals surface area contributed by atoms with Gasteiger partial charge in [0.05, 0.1) is 5.41 Å². The molecule has 2 N–H and O–H groups in total. The van der Waals surface area contributed by atoms with Crippen molar-refractivity contribution in [3.63, 3.8) is 0 Å². The lowest BCUT2D eigenvalue weighted by Crippen LogP contribution is -2.36. The molecule has 0 aliphatic heterocycles. The summed E-state index contributed by atoms with van der Waals surface area (Å²) < 4.78 is 14.2. The summed E-state index contributed by atoms with van der Waals surface area (Å²) >= 11 is 2.78. The highest BCUT2D eigenvalue weighted by Crippen LogP contribution is 2.46. The van der Waals surface area contributed by atoms with Crippen molar-refractivity contribution in [2.75, 3.05) is 12.4 Å². The van der Waals surface area contributed by atoms with Gasteiger partial charge in [-0.3, -0.25) is 9.59 Å². The van der Waals surface area contributed by atoms with Gasteiger partial charge in [0.25, 0.3) is 5.91 Å². The van der Waals surface area contributed by atoms with Crippen molar-refractivity contribution in [1.82, 2.24) is 15.5 Å². The van der Waals surface area contributed by atoms with E-state index in [1.165, 1.54) is 34.8 Å². The number of hydrogen-bond donors (Lipinski definition) is 2. The van der Waals surface area contributed by atoms with Gasteiger partial charge in [0.1, 0.15) is 11.3 Å². The van der Waals surface area contributed by atoms with Gasteiger partial charge < -0.3 is 10.6 Å². The van der Waals surface area contributed by atoms with Crippen molar-refractivity contribution in [1.29, 1.82) is 0 Å². The molecule has 4 rings (SSSR count). The quantitative estimate of drug-likeness (QED) is 0.352. The molecule has 0 spiro atoms. The van der Waals surface area contributed by atoms with Crippen LogP contribution in [0.1, 0.15) is 40.6 Å². The van der Waals surface area contributed by atoms with Crippen molar-refractivity contribution >= 4 is 39.6 Å². The maximum absolute atomic E-state index is 14.2. The van der Waals surface area contributed by atoms with E-state index < -0.39 is 11.3 Å². The zero-order chi connectivity index (χ0) is 24.3. The molecule has 0 radical (unpaired) electrons. The third kappa shape index (κ3) is 4.90. The van der Waals surface area contributed by atoms with Crippen LogP contribution in [0.5, 0.6) is 0 Å². The predicted octanol–water partition coefficient (Wildman–Crippen LogP) is 5.56. The Bertz CT molecular complexity index is 1300. The van der Waals surface area contributed by atoms with Gasteiger partial charge in [-0.05, 0) is 47.5 Å².